The fourth-order valence-electron chi connectivity index (χ4n) is 4.30. The van der Waals surface area contributed by atoms with Gasteiger partial charge in [0.1, 0.15) is 21.7 Å². The molecule has 1 amide bonds. The van der Waals surface area contributed by atoms with Crippen LogP contribution in [0.5, 0.6) is 11.5 Å². The Morgan fingerprint density at radius 2 is 1.83 bits per heavy atom. The lowest BCUT2D eigenvalue weighted by atomic mass is 10.0. The molecule has 2 heterocycles. The number of carbonyl (C=O) groups is 1. The Bertz CT molecular complexity index is 1110. The van der Waals surface area contributed by atoms with Crippen molar-refractivity contribution in [3.63, 3.8) is 0 Å². The number of anilines is 1. The number of hydrogen-bond acceptors (Lipinski definition) is 7. The van der Waals surface area contributed by atoms with Gasteiger partial charge in [-0.25, -0.2) is 4.98 Å². The van der Waals surface area contributed by atoms with E-state index in [1.54, 1.807) is 14.2 Å². The molecule has 1 saturated heterocycles. The number of thiazole rings is 1. The van der Waals surface area contributed by atoms with Gasteiger partial charge < -0.3 is 14.2 Å². The number of benzene rings is 2. The summed E-state index contributed by atoms with van der Waals surface area (Å²) in [6.07, 6.45) is 1.21. The molecule has 0 saturated carbocycles. The van der Waals surface area contributed by atoms with Crippen molar-refractivity contribution >= 4 is 45.0 Å². The molecule has 1 aromatic heterocycles. The van der Waals surface area contributed by atoms with Crippen LogP contribution < -0.4 is 14.4 Å². The molecule has 7 nitrogen and oxygen atoms in total. The highest BCUT2D eigenvalue weighted by Gasteiger charge is 2.23. The van der Waals surface area contributed by atoms with Gasteiger partial charge in [-0.05, 0) is 43.5 Å². The van der Waals surface area contributed by atoms with Gasteiger partial charge in [-0.15, -0.1) is 12.4 Å². The lowest BCUT2D eigenvalue weighted by molar-refractivity contribution is -0.118. The normalized spacial score (nSPS) is 13.9. The molecule has 0 spiro atoms. The lowest BCUT2D eigenvalue weighted by Gasteiger charge is -2.27. The number of amides is 1. The van der Waals surface area contributed by atoms with Crippen molar-refractivity contribution in [3.8, 4) is 11.5 Å². The Morgan fingerprint density at radius 1 is 1.11 bits per heavy atom. The van der Waals surface area contributed by atoms with E-state index in [0.29, 0.717) is 23.8 Å². The van der Waals surface area contributed by atoms with E-state index < -0.39 is 0 Å². The van der Waals surface area contributed by atoms with Gasteiger partial charge in [-0.3, -0.25) is 14.6 Å². The number of aryl methyl sites for hydroxylation is 2. The van der Waals surface area contributed by atoms with Crippen LogP contribution in [0.4, 0.5) is 5.13 Å². The molecule has 2 aromatic carbocycles. The minimum Gasteiger partial charge on any atom is -0.495 e. The molecule has 9 heteroatoms. The summed E-state index contributed by atoms with van der Waals surface area (Å²) in [7, 11) is 3.28. The molecule has 0 N–H and O–H groups in total. The highest BCUT2D eigenvalue weighted by Crippen LogP contribution is 2.40. The molecule has 190 valence electrons. The van der Waals surface area contributed by atoms with E-state index in [1.807, 2.05) is 17.0 Å². The summed E-state index contributed by atoms with van der Waals surface area (Å²) in [5.74, 6) is 1.45. The number of nitrogens with zero attached hydrogens (tertiary/aromatic N) is 3. The van der Waals surface area contributed by atoms with Crippen LogP contribution in [0.1, 0.15) is 23.1 Å². The van der Waals surface area contributed by atoms with E-state index >= 15 is 0 Å². The van der Waals surface area contributed by atoms with Crippen LogP contribution in [-0.4, -0.2) is 69.4 Å². The van der Waals surface area contributed by atoms with Gasteiger partial charge in [-0.2, -0.15) is 0 Å². The number of aromatic nitrogens is 1. The van der Waals surface area contributed by atoms with Crippen LogP contribution in [-0.2, 0) is 16.0 Å². The molecule has 4 rings (SSSR count). The average Bonchev–Trinajstić information content (AvgIpc) is 3.28. The first kappa shape index (κ1) is 27.2. The maximum Gasteiger partial charge on any atom is 0.233 e. The Kier molecular flexibility index (Phi) is 9.74. The molecular weight excluding hydrogens is 486 g/mol. The smallest absolute Gasteiger partial charge is 0.233 e. The second kappa shape index (κ2) is 12.5. The van der Waals surface area contributed by atoms with Crippen molar-refractivity contribution in [3.05, 3.63) is 47.0 Å². The van der Waals surface area contributed by atoms with Crippen molar-refractivity contribution in [2.45, 2.75) is 26.7 Å². The molecule has 1 fully saturated rings. The van der Waals surface area contributed by atoms with Crippen molar-refractivity contribution in [1.82, 2.24) is 9.88 Å². The number of methoxy groups -OCH3 is 2. The molecular formula is C26H34ClN3O4S. The predicted octanol–water partition coefficient (Wildman–Crippen LogP) is 4.65. The third-order valence-electron chi connectivity index (χ3n) is 6.23. The van der Waals surface area contributed by atoms with Crippen molar-refractivity contribution in [2.75, 3.05) is 58.5 Å². The van der Waals surface area contributed by atoms with Gasteiger partial charge in [0.2, 0.25) is 5.91 Å². The van der Waals surface area contributed by atoms with Crippen LogP contribution in [0, 0.1) is 13.8 Å². The highest BCUT2D eigenvalue weighted by molar-refractivity contribution is 7.22. The van der Waals surface area contributed by atoms with Crippen LogP contribution in [0.25, 0.3) is 10.2 Å². The molecule has 0 bridgehead atoms. The molecule has 0 atom stereocenters. The Hall–Kier alpha value is -2.39. The van der Waals surface area contributed by atoms with Crippen molar-refractivity contribution < 1.29 is 19.0 Å². The number of fused-ring (bicyclic) bond motifs is 1. The maximum atomic E-state index is 13.6. The number of halogens is 1. The van der Waals surface area contributed by atoms with Gasteiger partial charge >= 0.3 is 0 Å². The van der Waals surface area contributed by atoms with Crippen molar-refractivity contribution in [2.24, 2.45) is 0 Å². The Labute approximate surface area is 217 Å². The van der Waals surface area contributed by atoms with E-state index in [0.717, 1.165) is 66.4 Å². The minimum absolute atomic E-state index is 0. The molecule has 1 aliphatic heterocycles. The van der Waals surface area contributed by atoms with E-state index in [1.165, 1.54) is 16.9 Å². The first-order valence-corrected chi connectivity index (χ1v) is 12.5. The number of carbonyl (C=O) groups excluding carboxylic acids is 1. The zero-order chi connectivity index (χ0) is 24.1. The first-order valence-electron chi connectivity index (χ1n) is 11.7. The fraction of sp³-hybridized carbons (Fsp3) is 0.462. The zero-order valence-electron chi connectivity index (χ0n) is 20.8. The monoisotopic (exact) mass is 519 g/mol. The third-order valence-corrected chi connectivity index (χ3v) is 7.32. The number of hydrogen-bond donors (Lipinski definition) is 0. The summed E-state index contributed by atoms with van der Waals surface area (Å²) in [4.78, 5) is 22.7. The van der Waals surface area contributed by atoms with E-state index in [4.69, 9.17) is 19.2 Å². The van der Waals surface area contributed by atoms with E-state index in [9.17, 15) is 4.79 Å². The van der Waals surface area contributed by atoms with Gasteiger partial charge in [0.25, 0.3) is 0 Å². The third kappa shape index (κ3) is 6.44. The van der Waals surface area contributed by atoms with Gasteiger partial charge in [0.05, 0.1) is 33.9 Å². The summed E-state index contributed by atoms with van der Waals surface area (Å²) in [5.41, 5.74) is 4.10. The minimum atomic E-state index is 0. The number of ether oxygens (including phenoxy) is 3. The Morgan fingerprint density at radius 3 is 2.51 bits per heavy atom. The van der Waals surface area contributed by atoms with Crippen molar-refractivity contribution in [1.29, 1.82) is 0 Å². The topological polar surface area (TPSA) is 64.1 Å². The van der Waals surface area contributed by atoms with E-state index in [-0.39, 0.29) is 18.3 Å². The standard InChI is InChI=1S/C26H33N3O4S.ClH/c1-18-6-7-20(19(2)16-18)17-23(30)29(11-5-10-28-12-14-33-15-13-28)26-27-24-21(31-3)8-9-22(32-4)25(24)34-26;/h6-9,16H,5,10-15,17H2,1-4H3;1H. The average molecular weight is 520 g/mol. The first-order chi connectivity index (χ1) is 16.5. The number of morpholine rings is 1. The summed E-state index contributed by atoms with van der Waals surface area (Å²) in [6.45, 7) is 9.07. The highest BCUT2D eigenvalue weighted by atomic mass is 35.5. The summed E-state index contributed by atoms with van der Waals surface area (Å²) in [6, 6.07) is 9.97. The van der Waals surface area contributed by atoms with Crippen LogP contribution in [0.3, 0.4) is 0 Å². The summed E-state index contributed by atoms with van der Waals surface area (Å²) in [5, 5.41) is 0.676. The molecule has 0 unspecified atom stereocenters. The number of rotatable bonds is 9. The maximum absolute atomic E-state index is 13.6. The molecule has 0 radical (unpaired) electrons. The molecule has 3 aromatic rings. The molecule has 35 heavy (non-hydrogen) atoms. The quantitative estimate of drug-likeness (QED) is 0.410. The SMILES string of the molecule is COc1ccc(OC)c2sc(N(CCCN3CCOCC3)C(=O)Cc3ccc(C)cc3C)nc12.Cl. The molecule has 0 aliphatic carbocycles. The summed E-state index contributed by atoms with van der Waals surface area (Å²) < 4.78 is 17.4. The van der Waals surface area contributed by atoms with Gasteiger partial charge in [0.15, 0.2) is 5.13 Å². The largest absolute Gasteiger partial charge is 0.495 e. The summed E-state index contributed by atoms with van der Waals surface area (Å²) >= 11 is 1.47. The Balaban J connectivity index is 0.00000342. The molecule has 1 aliphatic rings. The lowest BCUT2D eigenvalue weighted by Crippen LogP contribution is -2.39. The zero-order valence-corrected chi connectivity index (χ0v) is 22.5. The predicted molar refractivity (Wildman–Crippen MR) is 144 cm³/mol. The second-order valence-corrected chi connectivity index (χ2v) is 9.58. The van der Waals surface area contributed by atoms with Crippen LogP contribution in [0.15, 0.2) is 30.3 Å². The van der Waals surface area contributed by atoms with Gasteiger partial charge in [0, 0.05) is 26.2 Å². The fourth-order valence-corrected chi connectivity index (χ4v) is 5.41. The second-order valence-electron chi connectivity index (χ2n) is 8.60. The van der Waals surface area contributed by atoms with E-state index in [2.05, 4.69) is 36.9 Å². The van der Waals surface area contributed by atoms with Crippen LogP contribution >= 0.6 is 23.7 Å². The van der Waals surface area contributed by atoms with Crippen LogP contribution in [0.2, 0.25) is 0 Å². The van der Waals surface area contributed by atoms with Gasteiger partial charge in [-0.1, -0.05) is 35.1 Å².